The van der Waals surface area contributed by atoms with Crippen LogP contribution in [0.3, 0.4) is 0 Å². The van der Waals surface area contributed by atoms with Gasteiger partial charge >= 0.3 is 0 Å². The lowest BCUT2D eigenvalue weighted by atomic mass is 10.0. The average molecular weight is 415 g/mol. The Balaban J connectivity index is 2.06. The first kappa shape index (κ1) is 20.6. The van der Waals surface area contributed by atoms with Crippen LogP contribution in [0.4, 0.5) is 5.69 Å². The van der Waals surface area contributed by atoms with Gasteiger partial charge in [0.15, 0.2) is 0 Å². The van der Waals surface area contributed by atoms with E-state index in [1.165, 1.54) is 6.08 Å². The molecule has 8 nitrogen and oxygen atoms in total. The molecule has 2 aromatic rings. The number of nitrogens with zero attached hydrogens (tertiary/aromatic N) is 3. The maximum atomic E-state index is 9.79. The van der Waals surface area contributed by atoms with E-state index in [0.717, 1.165) is 12.0 Å². The highest BCUT2D eigenvalue weighted by Gasteiger charge is 2.25. The van der Waals surface area contributed by atoms with Crippen LogP contribution in [-0.4, -0.2) is 30.1 Å². The smallest absolute Gasteiger partial charge is 0.150 e. The van der Waals surface area contributed by atoms with Crippen LogP contribution in [0, 0.1) is 11.3 Å². The van der Waals surface area contributed by atoms with Gasteiger partial charge in [-0.05, 0) is 25.5 Å². The molecule has 1 aromatic heterocycles. The van der Waals surface area contributed by atoms with Crippen molar-refractivity contribution < 1.29 is 9.47 Å². The van der Waals surface area contributed by atoms with Gasteiger partial charge in [-0.2, -0.15) is 10.4 Å². The van der Waals surface area contributed by atoms with Crippen LogP contribution in [0.2, 0.25) is 0 Å². The highest BCUT2D eigenvalue weighted by atomic mass is 35.5. The van der Waals surface area contributed by atoms with Crippen LogP contribution in [-0.2, 0) is 4.74 Å². The largest absolute Gasteiger partial charge is 0.494 e. The van der Waals surface area contributed by atoms with Crippen LogP contribution in [0.25, 0.3) is 11.1 Å². The maximum absolute atomic E-state index is 9.79. The van der Waals surface area contributed by atoms with Gasteiger partial charge in [0.2, 0.25) is 0 Å². The van der Waals surface area contributed by atoms with Crippen molar-refractivity contribution in [1.29, 1.82) is 5.26 Å². The third kappa shape index (κ3) is 4.31. The molecule has 0 bridgehead atoms. The molecule has 1 aliphatic heterocycles. The molecular weight excluding hydrogens is 392 g/mol. The van der Waals surface area contributed by atoms with Gasteiger partial charge in [0.1, 0.15) is 22.7 Å². The molecule has 3 rings (SSSR count). The number of rotatable bonds is 6. The van der Waals surface area contributed by atoms with E-state index in [2.05, 4.69) is 16.5 Å². The van der Waals surface area contributed by atoms with E-state index >= 15 is 0 Å². The fourth-order valence-corrected chi connectivity index (χ4v) is 3.37. The summed E-state index contributed by atoms with van der Waals surface area (Å²) < 4.78 is 12.8. The molecule has 0 aliphatic carbocycles. The van der Waals surface area contributed by atoms with Gasteiger partial charge in [-0.15, -0.1) is 0 Å². The predicted molar refractivity (Wildman–Crippen MR) is 112 cm³/mol. The second-order valence-electron chi connectivity index (χ2n) is 6.62. The molecule has 2 heterocycles. The molecule has 1 unspecified atom stereocenters. The summed E-state index contributed by atoms with van der Waals surface area (Å²) in [5.41, 5.74) is 15.1. The number of nitrogens with one attached hydrogen (secondary N) is 1. The highest BCUT2D eigenvalue weighted by Crippen LogP contribution is 2.39. The van der Waals surface area contributed by atoms with Gasteiger partial charge in [0.25, 0.3) is 0 Å². The molecule has 152 valence electrons. The Morgan fingerprint density at radius 1 is 1.45 bits per heavy atom. The molecular formula is C20H23ClN6O2. The Morgan fingerprint density at radius 2 is 2.24 bits per heavy atom. The Morgan fingerprint density at radius 3 is 2.83 bits per heavy atom. The minimum Gasteiger partial charge on any atom is -0.494 e. The molecule has 0 spiro atoms. The van der Waals surface area contributed by atoms with Crippen molar-refractivity contribution in [2.75, 3.05) is 25.6 Å². The zero-order chi connectivity index (χ0) is 21.0. The number of aromatic nitrogens is 2. The number of hydrogen-bond donors (Lipinski definition) is 3. The van der Waals surface area contributed by atoms with Gasteiger partial charge in [0, 0.05) is 23.4 Å². The first-order chi connectivity index (χ1) is 14.0. The summed E-state index contributed by atoms with van der Waals surface area (Å²) in [6.45, 7) is 2.94. The predicted octanol–water partition coefficient (Wildman–Crippen LogP) is 3.03. The number of para-hydroxylation sites is 1. The standard InChI is InChI=1S/C20H23ClN6O2/c1-12(23)17(8-19(21)24)26-16-5-3-4-14(20(16)28-2)15-10-25-27(18(15)9-22)13-6-7-29-11-13/h3-5,8,10,13,26H,6-7,11,23-24H2,1-2H3/b17-12+,19-8-. The van der Waals surface area contributed by atoms with Crippen molar-refractivity contribution in [3.8, 4) is 22.9 Å². The van der Waals surface area contributed by atoms with E-state index < -0.39 is 0 Å². The van der Waals surface area contributed by atoms with Crippen molar-refractivity contribution >= 4 is 17.3 Å². The van der Waals surface area contributed by atoms with Gasteiger partial charge in [0.05, 0.1) is 37.3 Å². The molecule has 0 amide bonds. The monoisotopic (exact) mass is 414 g/mol. The average Bonchev–Trinajstić information content (AvgIpc) is 3.35. The third-order valence-corrected chi connectivity index (χ3v) is 4.75. The lowest BCUT2D eigenvalue weighted by Gasteiger charge is -2.16. The summed E-state index contributed by atoms with van der Waals surface area (Å²) in [5.74, 6) is 0.548. The van der Waals surface area contributed by atoms with Crippen molar-refractivity contribution in [3.63, 3.8) is 0 Å². The molecule has 0 saturated carbocycles. The number of nitrogens with two attached hydrogens (primary N) is 2. The maximum Gasteiger partial charge on any atom is 0.150 e. The molecule has 1 aromatic carbocycles. The highest BCUT2D eigenvalue weighted by molar-refractivity contribution is 6.29. The lowest BCUT2D eigenvalue weighted by molar-refractivity contribution is 0.184. The third-order valence-electron chi connectivity index (χ3n) is 4.64. The van der Waals surface area contributed by atoms with Crippen LogP contribution in [0.15, 0.2) is 47.0 Å². The molecule has 29 heavy (non-hydrogen) atoms. The second-order valence-corrected chi connectivity index (χ2v) is 7.05. The Labute approximate surface area is 174 Å². The van der Waals surface area contributed by atoms with E-state index in [1.807, 2.05) is 18.2 Å². The zero-order valence-corrected chi connectivity index (χ0v) is 17.0. The van der Waals surface area contributed by atoms with Crippen molar-refractivity contribution in [1.82, 2.24) is 9.78 Å². The van der Waals surface area contributed by atoms with Crippen molar-refractivity contribution in [3.05, 3.63) is 52.7 Å². The topological polar surface area (TPSA) is 124 Å². The Bertz CT molecular complexity index is 991. The van der Waals surface area contributed by atoms with E-state index in [9.17, 15) is 5.26 Å². The quantitative estimate of drug-likeness (QED) is 0.490. The number of hydrogen-bond acceptors (Lipinski definition) is 7. The van der Waals surface area contributed by atoms with Gasteiger partial charge in [-0.25, -0.2) is 4.68 Å². The zero-order valence-electron chi connectivity index (χ0n) is 16.3. The molecule has 1 saturated heterocycles. The summed E-state index contributed by atoms with van der Waals surface area (Å²) in [6, 6.07) is 7.89. The van der Waals surface area contributed by atoms with Crippen molar-refractivity contribution in [2.24, 2.45) is 11.5 Å². The van der Waals surface area contributed by atoms with Crippen LogP contribution in [0.1, 0.15) is 25.1 Å². The Hall–Kier alpha value is -3.15. The van der Waals surface area contributed by atoms with Crippen molar-refractivity contribution in [2.45, 2.75) is 19.4 Å². The number of anilines is 1. The first-order valence-electron chi connectivity index (χ1n) is 9.05. The van der Waals surface area contributed by atoms with Gasteiger partial charge < -0.3 is 26.3 Å². The number of methoxy groups -OCH3 is 1. The van der Waals surface area contributed by atoms with Gasteiger partial charge in [-0.3, -0.25) is 0 Å². The van der Waals surface area contributed by atoms with Crippen LogP contribution < -0.4 is 21.5 Å². The minimum atomic E-state index is 0.0527. The number of allylic oxidation sites excluding steroid dienone is 2. The number of ether oxygens (including phenoxy) is 2. The lowest BCUT2D eigenvalue weighted by Crippen LogP contribution is -2.12. The fraction of sp³-hybridized carbons (Fsp3) is 0.300. The summed E-state index contributed by atoms with van der Waals surface area (Å²) in [4.78, 5) is 0. The number of halogens is 1. The van der Waals surface area contributed by atoms with E-state index in [4.69, 9.17) is 32.5 Å². The molecule has 9 heteroatoms. The van der Waals surface area contributed by atoms with Crippen LogP contribution >= 0.6 is 11.6 Å². The first-order valence-corrected chi connectivity index (χ1v) is 9.42. The van der Waals surface area contributed by atoms with E-state index in [0.29, 0.717) is 47.3 Å². The number of nitriles is 1. The second kappa shape index (κ2) is 8.90. The van der Waals surface area contributed by atoms with E-state index in [-0.39, 0.29) is 11.2 Å². The molecule has 1 atom stereocenters. The molecule has 5 N–H and O–H groups in total. The Kier molecular flexibility index (Phi) is 6.32. The normalized spacial score (nSPS) is 17.6. The SMILES string of the molecule is COc1c(NC(/C=C(\N)Cl)=C(\C)N)cccc1-c1cnn(C2CCOC2)c1C#N. The summed E-state index contributed by atoms with van der Waals surface area (Å²) in [5, 5.41) is 17.5. The minimum absolute atomic E-state index is 0.0527. The van der Waals surface area contributed by atoms with Gasteiger partial charge in [-0.1, -0.05) is 23.7 Å². The molecule has 1 fully saturated rings. The fourth-order valence-electron chi connectivity index (χ4n) is 3.26. The van der Waals surface area contributed by atoms with E-state index in [1.54, 1.807) is 24.9 Å². The summed E-state index contributed by atoms with van der Waals surface area (Å²) in [6.07, 6.45) is 4.03. The molecule has 0 radical (unpaired) electrons. The summed E-state index contributed by atoms with van der Waals surface area (Å²) >= 11 is 5.81. The molecule has 1 aliphatic rings. The van der Waals surface area contributed by atoms with Crippen LogP contribution in [0.5, 0.6) is 5.75 Å². The summed E-state index contributed by atoms with van der Waals surface area (Å²) in [7, 11) is 1.57. The number of benzene rings is 1.